The lowest BCUT2D eigenvalue weighted by molar-refractivity contribution is 0.329. The quantitative estimate of drug-likeness (QED) is 0.712. The van der Waals surface area contributed by atoms with Gasteiger partial charge < -0.3 is 19.6 Å². The highest BCUT2D eigenvalue weighted by Crippen LogP contribution is 2.24. The second-order valence-electron chi connectivity index (χ2n) is 3.96. The summed E-state index contributed by atoms with van der Waals surface area (Å²) in [6.45, 7) is 8.30. The van der Waals surface area contributed by atoms with Gasteiger partial charge in [0.1, 0.15) is 0 Å². The summed E-state index contributed by atoms with van der Waals surface area (Å²) in [5, 5.41) is 0. The van der Waals surface area contributed by atoms with Gasteiger partial charge in [0.15, 0.2) is 0 Å². The van der Waals surface area contributed by atoms with Gasteiger partial charge in [-0.1, -0.05) is 0 Å². The van der Waals surface area contributed by atoms with Crippen LogP contribution in [0, 0.1) is 13.3 Å². The smallest absolute Gasteiger partial charge is 0.208 e. The predicted molar refractivity (Wildman–Crippen MR) is 74.1 cm³/mol. The van der Waals surface area contributed by atoms with Crippen LogP contribution < -0.4 is 0 Å². The molecule has 0 aromatic rings. The van der Waals surface area contributed by atoms with E-state index in [0.29, 0.717) is 0 Å². The zero-order valence-corrected chi connectivity index (χ0v) is 13.0. The molecule has 2 rings (SSSR count). The molecule has 0 unspecified atom stereocenters. The molecule has 2 aliphatic rings. The molecule has 92 valence electrons. The van der Waals surface area contributed by atoms with Gasteiger partial charge in [-0.25, -0.2) is 0 Å². The second-order valence-corrected chi connectivity index (χ2v) is 5.59. The van der Waals surface area contributed by atoms with Crippen molar-refractivity contribution in [1.82, 2.24) is 19.6 Å². The first-order chi connectivity index (χ1) is 8.06. The van der Waals surface area contributed by atoms with Crippen LogP contribution in [-0.2, 0) is 0 Å². The van der Waals surface area contributed by atoms with Crippen molar-refractivity contribution in [2.24, 2.45) is 0 Å². The van der Waals surface area contributed by atoms with Crippen molar-refractivity contribution in [1.29, 1.82) is 0 Å². The average Bonchev–Trinajstić information content (AvgIpc) is 2.73. The lowest BCUT2D eigenvalue weighted by atomic mass is 10.4. The summed E-state index contributed by atoms with van der Waals surface area (Å²) < 4.78 is 2.08. The van der Waals surface area contributed by atoms with E-state index in [-0.39, 0.29) is 0 Å². The van der Waals surface area contributed by atoms with Gasteiger partial charge in [-0.15, -0.1) is 0 Å². The molecule has 0 aromatic heterocycles. The number of hydrogen-bond donors (Lipinski definition) is 0. The fourth-order valence-electron chi connectivity index (χ4n) is 1.61. The molecule has 0 aliphatic carbocycles. The van der Waals surface area contributed by atoms with Crippen molar-refractivity contribution in [3.8, 4) is 0 Å². The molecule has 0 atom stereocenters. The lowest BCUT2D eigenvalue weighted by Gasteiger charge is -2.19. The molecule has 17 heavy (non-hydrogen) atoms. The zero-order valence-electron chi connectivity index (χ0n) is 9.82. The third-order valence-corrected chi connectivity index (χ3v) is 3.99. The largest absolute Gasteiger partial charge is 0.345 e. The molecular formula is C11H14Br2N4. The van der Waals surface area contributed by atoms with Crippen molar-refractivity contribution in [3.63, 3.8) is 0 Å². The molecule has 6 heteroatoms. The van der Waals surface area contributed by atoms with Crippen LogP contribution in [0.1, 0.15) is 6.42 Å². The number of halogens is 2. The highest BCUT2D eigenvalue weighted by Gasteiger charge is 2.19. The third-order valence-electron chi connectivity index (χ3n) is 2.52. The Morgan fingerprint density at radius 3 is 1.65 bits per heavy atom. The van der Waals surface area contributed by atoms with Crippen LogP contribution in [0.5, 0.6) is 0 Å². The van der Waals surface area contributed by atoms with E-state index in [2.05, 4.69) is 55.0 Å². The van der Waals surface area contributed by atoms with E-state index >= 15 is 0 Å². The highest BCUT2D eigenvalue weighted by molar-refractivity contribution is 9.12. The molecule has 0 spiro atoms. The molecule has 2 heterocycles. The Morgan fingerprint density at radius 1 is 0.941 bits per heavy atom. The van der Waals surface area contributed by atoms with Crippen LogP contribution in [0.4, 0.5) is 0 Å². The summed E-state index contributed by atoms with van der Waals surface area (Å²) in [6.07, 6.45) is 5.12. The molecule has 2 aliphatic heterocycles. The lowest BCUT2D eigenvalue weighted by Crippen LogP contribution is -2.23. The van der Waals surface area contributed by atoms with Crippen LogP contribution in [-0.4, -0.2) is 46.8 Å². The third kappa shape index (κ3) is 3.31. The maximum absolute atomic E-state index is 3.46. The van der Waals surface area contributed by atoms with Gasteiger partial charge in [0, 0.05) is 39.6 Å². The standard InChI is InChI=1S/C11H14Br2N4/c1-14-8-16(6-10(14)12)4-3-5-17-7-11(13)15(2)9-17/h6-7H,3-5H2,1-2H3. The first-order valence-corrected chi connectivity index (χ1v) is 6.93. The molecule has 0 bridgehead atoms. The zero-order chi connectivity index (χ0) is 12.4. The number of hydrogen-bond acceptors (Lipinski definition) is 4. The minimum atomic E-state index is 0.951. The Morgan fingerprint density at radius 2 is 1.35 bits per heavy atom. The molecule has 0 amide bonds. The minimum absolute atomic E-state index is 0.951. The Bertz CT molecular complexity index is 310. The van der Waals surface area contributed by atoms with Gasteiger partial charge in [0.05, 0.1) is 9.21 Å². The molecule has 0 fully saturated rings. The van der Waals surface area contributed by atoms with Crippen molar-refractivity contribution in [2.45, 2.75) is 6.42 Å². The Balaban J connectivity index is 1.68. The van der Waals surface area contributed by atoms with Gasteiger partial charge in [-0.3, -0.25) is 0 Å². The normalized spacial score (nSPS) is 20.2. The maximum Gasteiger partial charge on any atom is 0.208 e. The Hall–Kier alpha value is -0.360. The highest BCUT2D eigenvalue weighted by atomic mass is 79.9. The molecular weight excluding hydrogens is 348 g/mol. The van der Waals surface area contributed by atoms with E-state index in [1.54, 1.807) is 0 Å². The summed E-state index contributed by atoms with van der Waals surface area (Å²) >= 11 is 6.91. The first kappa shape index (κ1) is 13.1. The van der Waals surface area contributed by atoms with Crippen molar-refractivity contribution < 1.29 is 0 Å². The summed E-state index contributed by atoms with van der Waals surface area (Å²) in [5.74, 6) is 0. The van der Waals surface area contributed by atoms with Gasteiger partial charge in [0.2, 0.25) is 13.3 Å². The van der Waals surface area contributed by atoms with E-state index < -0.39 is 0 Å². The summed E-state index contributed by atoms with van der Waals surface area (Å²) in [4.78, 5) is 7.97. The Labute approximate surface area is 120 Å². The molecule has 0 saturated carbocycles. The van der Waals surface area contributed by atoms with E-state index in [4.69, 9.17) is 0 Å². The van der Waals surface area contributed by atoms with Gasteiger partial charge in [-0.05, 0) is 38.3 Å². The Kier molecular flexibility index (Phi) is 4.25. The summed E-state index contributed by atoms with van der Waals surface area (Å²) in [6, 6.07) is 0. The van der Waals surface area contributed by atoms with Crippen molar-refractivity contribution in [3.05, 3.63) is 34.9 Å². The SMILES string of the molecule is CN1[C]N(CCCN2[C]N(C)C(Br)=C2)C=C1Br. The van der Waals surface area contributed by atoms with Crippen molar-refractivity contribution in [2.75, 3.05) is 27.2 Å². The van der Waals surface area contributed by atoms with E-state index in [9.17, 15) is 0 Å². The molecule has 4 radical (unpaired) electrons. The molecule has 0 aromatic carbocycles. The monoisotopic (exact) mass is 360 g/mol. The minimum Gasteiger partial charge on any atom is -0.345 e. The number of nitrogens with zero attached hydrogens (tertiary/aromatic N) is 4. The first-order valence-electron chi connectivity index (χ1n) is 5.34. The molecule has 0 saturated heterocycles. The predicted octanol–water partition coefficient (Wildman–Crippen LogP) is 2.25. The fraction of sp³-hybridized carbons (Fsp3) is 0.455. The van der Waals surface area contributed by atoms with Gasteiger partial charge in [-0.2, -0.15) is 0 Å². The van der Waals surface area contributed by atoms with Gasteiger partial charge >= 0.3 is 0 Å². The number of rotatable bonds is 4. The summed E-state index contributed by atoms with van der Waals surface area (Å²) in [5.41, 5.74) is 0. The van der Waals surface area contributed by atoms with Crippen LogP contribution in [0.15, 0.2) is 21.6 Å². The van der Waals surface area contributed by atoms with Crippen LogP contribution in [0.2, 0.25) is 0 Å². The average molecular weight is 362 g/mol. The molecule has 4 nitrogen and oxygen atoms in total. The topological polar surface area (TPSA) is 13.0 Å². The molecule has 0 N–H and O–H groups in total. The van der Waals surface area contributed by atoms with Gasteiger partial charge in [0.25, 0.3) is 0 Å². The van der Waals surface area contributed by atoms with Crippen molar-refractivity contribution >= 4 is 31.9 Å². The second kappa shape index (κ2) is 5.52. The van der Waals surface area contributed by atoms with E-state index in [0.717, 1.165) is 28.7 Å². The van der Waals surface area contributed by atoms with E-state index in [1.807, 2.05) is 36.3 Å². The maximum atomic E-state index is 3.46. The van der Waals surface area contributed by atoms with Crippen LogP contribution in [0.3, 0.4) is 0 Å². The summed E-state index contributed by atoms with van der Waals surface area (Å²) in [7, 11) is 3.94. The fourth-order valence-corrected chi connectivity index (χ4v) is 2.26. The van der Waals surface area contributed by atoms with Crippen LogP contribution in [0.25, 0.3) is 0 Å². The van der Waals surface area contributed by atoms with E-state index in [1.165, 1.54) is 0 Å². The van der Waals surface area contributed by atoms with Crippen LogP contribution >= 0.6 is 31.9 Å².